The Kier molecular flexibility index (Phi) is 7.90. The molecule has 1 saturated heterocycles. The summed E-state index contributed by atoms with van der Waals surface area (Å²) in [5, 5.41) is 0. The normalized spacial score (nSPS) is 14.1. The topological polar surface area (TPSA) is 46.1 Å². The molecule has 45 heavy (non-hydrogen) atoms. The fraction of sp³-hybridized carbons (Fsp3) is 0.171. The highest BCUT2D eigenvalue weighted by molar-refractivity contribution is 5.97. The van der Waals surface area contributed by atoms with Gasteiger partial charge >= 0.3 is 12.4 Å². The molecular weight excluding hydrogens is 592 g/mol. The van der Waals surface area contributed by atoms with E-state index in [1.807, 2.05) is 18.2 Å². The van der Waals surface area contributed by atoms with Crippen LogP contribution in [0.25, 0.3) is 44.8 Å². The molecule has 228 valence electrons. The SMILES string of the molecule is O=C1CCCCN1c1cc(-c2ccccc2-c2cccc(C(F)(F)F)n2)cc(-c2ccccc2-c2cccc(C(F)(F)F)n2)c1. The van der Waals surface area contributed by atoms with E-state index in [9.17, 15) is 31.1 Å². The molecule has 0 saturated carbocycles. The lowest BCUT2D eigenvalue weighted by Crippen LogP contribution is -2.35. The standard InChI is InChI=1S/C35H25F6N3O/c36-34(37,38)31-15-7-13-29(42-31)27-11-3-1-9-25(27)22-19-23(21-24(20-22)44-18-6-5-17-33(44)45)26-10-2-4-12-28(26)30-14-8-16-32(43-30)35(39,40)41/h1-4,7-16,19-21H,5-6,17-18H2. The smallest absolute Gasteiger partial charge is 0.312 e. The van der Waals surface area contributed by atoms with Gasteiger partial charge in [-0.1, -0.05) is 60.7 Å². The molecule has 3 aromatic carbocycles. The Morgan fingerprint density at radius 1 is 0.556 bits per heavy atom. The molecule has 0 radical (unpaired) electrons. The number of pyridine rings is 2. The summed E-state index contributed by atoms with van der Waals surface area (Å²) in [6.07, 6.45) is -7.34. The lowest BCUT2D eigenvalue weighted by Gasteiger charge is -2.28. The van der Waals surface area contributed by atoms with Gasteiger partial charge in [-0.3, -0.25) is 4.79 Å². The van der Waals surface area contributed by atoms with Gasteiger partial charge in [0, 0.05) is 29.8 Å². The van der Waals surface area contributed by atoms with Crippen LogP contribution in [0.15, 0.2) is 103 Å². The molecule has 0 bridgehead atoms. The van der Waals surface area contributed by atoms with E-state index in [-0.39, 0.29) is 17.3 Å². The van der Waals surface area contributed by atoms with Crippen LogP contribution in [0.5, 0.6) is 0 Å². The van der Waals surface area contributed by atoms with Crippen LogP contribution in [0.4, 0.5) is 32.0 Å². The zero-order valence-corrected chi connectivity index (χ0v) is 23.7. The third-order valence-electron chi connectivity index (χ3n) is 7.66. The first-order chi connectivity index (χ1) is 21.5. The van der Waals surface area contributed by atoms with Crippen molar-refractivity contribution in [3.8, 4) is 44.8 Å². The number of hydrogen-bond acceptors (Lipinski definition) is 3. The van der Waals surface area contributed by atoms with Crippen LogP contribution in [-0.4, -0.2) is 22.4 Å². The number of carbonyl (C=O) groups excluding carboxylic acids is 1. The molecule has 3 heterocycles. The number of nitrogens with zero attached hydrogens (tertiary/aromatic N) is 3. The van der Waals surface area contributed by atoms with E-state index in [2.05, 4.69) is 9.97 Å². The average Bonchev–Trinajstić information content (AvgIpc) is 3.04. The molecule has 0 unspecified atom stereocenters. The molecule has 0 spiro atoms. The maximum Gasteiger partial charge on any atom is 0.433 e. The molecule has 1 fully saturated rings. The highest BCUT2D eigenvalue weighted by atomic mass is 19.4. The largest absolute Gasteiger partial charge is 0.433 e. The number of hydrogen-bond donors (Lipinski definition) is 0. The summed E-state index contributed by atoms with van der Waals surface area (Å²) in [7, 11) is 0. The van der Waals surface area contributed by atoms with E-state index >= 15 is 0 Å². The number of piperidine rings is 1. The Hall–Kier alpha value is -4.99. The van der Waals surface area contributed by atoms with Crippen molar-refractivity contribution in [2.45, 2.75) is 31.6 Å². The van der Waals surface area contributed by atoms with Gasteiger partial charge in [0.15, 0.2) is 0 Å². The number of amides is 1. The van der Waals surface area contributed by atoms with Gasteiger partial charge in [-0.05, 0) is 77.6 Å². The van der Waals surface area contributed by atoms with Gasteiger partial charge in [0.25, 0.3) is 0 Å². The molecule has 0 aliphatic carbocycles. The van der Waals surface area contributed by atoms with E-state index in [1.165, 1.54) is 24.3 Å². The summed E-state index contributed by atoms with van der Waals surface area (Å²) in [5.74, 6) is -0.0648. The van der Waals surface area contributed by atoms with E-state index in [4.69, 9.17) is 0 Å². The van der Waals surface area contributed by atoms with Gasteiger partial charge < -0.3 is 4.90 Å². The first-order valence-electron chi connectivity index (χ1n) is 14.2. The maximum absolute atomic E-state index is 13.5. The van der Waals surface area contributed by atoms with Crippen molar-refractivity contribution in [1.29, 1.82) is 0 Å². The summed E-state index contributed by atoms with van der Waals surface area (Å²) in [6, 6.07) is 26.7. The molecule has 4 nitrogen and oxygen atoms in total. The summed E-state index contributed by atoms with van der Waals surface area (Å²) < 4.78 is 81.3. The van der Waals surface area contributed by atoms with Crippen LogP contribution in [0.2, 0.25) is 0 Å². The van der Waals surface area contributed by atoms with Crippen molar-refractivity contribution in [3.63, 3.8) is 0 Å². The number of aromatic nitrogens is 2. The number of alkyl halides is 6. The lowest BCUT2D eigenvalue weighted by atomic mass is 9.91. The average molecular weight is 618 g/mol. The predicted molar refractivity (Wildman–Crippen MR) is 160 cm³/mol. The van der Waals surface area contributed by atoms with E-state index in [1.54, 1.807) is 53.4 Å². The second-order valence-electron chi connectivity index (χ2n) is 10.7. The van der Waals surface area contributed by atoms with Gasteiger partial charge in [0.1, 0.15) is 11.4 Å². The third-order valence-corrected chi connectivity index (χ3v) is 7.66. The Balaban J connectivity index is 1.55. The molecule has 0 atom stereocenters. The number of carbonyl (C=O) groups is 1. The molecule has 6 rings (SSSR count). The zero-order chi connectivity index (χ0) is 31.8. The molecule has 2 aromatic heterocycles. The first kappa shape index (κ1) is 30.1. The molecule has 5 aromatic rings. The molecule has 10 heteroatoms. The van der Waals surface area contributed by atoms with Crippen molar-refractivity contribution in [2.75, 3.05) is 11.4 Å². The van der Waals surface area contributed by atoms with E-state index in [0.717, 1.165) is 25.0 Å². The van der Waals surface area contributed by atoms with Gasteiger partial charge in [-0.2, -0.15) is 26.3 Å². The zero-order valence-electron chi connectivity index (χ0n) is 23.7. The monoisotopic (exact) mass is 617 g/mol. The van der Waals surface area contributed by atoms with E-state index < -0.39 is 23.7 Å². The van der Waals surface area contributed by atoms with Crippen molar-refractivity contribution >= 4 is 11.6 Å². The second-order valence-corrected chi connectivity index (χ2v) is 10.7. The predicted octanol–water partition coefficient (Wildman–Crippen LogP) is 9.70. The fourth-order valence-electron chi connectivity index (χ4n) is 5.56. The maximum atomic E-state index is 13.5. The fourth-order valence-corrected chi connectivity index (χ4v) is 5.56. The summed E-state index contributed by atoms with van der Waals surface area (Å²) in [4.78, 5) is 22.5. The Morgan fingerprint density at radius 3 is 1.47 bits per heavy atom. The van der Waals surface area contributed by atoms with Crippen LogP contribution < -0.4 is 4.90 Å². The highest BCUT2D eigenvalue weighted by Crippen LogP contribution is 2.41. The molecule has 1 aliphatic rings. The Labute approximate surface area is 255 Å². The summed E-state index contributed by atoms with van der Waals surface area (Å²) in [5.41, 5.74) is 2.02. The quantitative estimate of drug-likeness (QED) is 0.185. The van der Waals surface area contributed by atoms with Gasteiger partial charge in [-0.15, -0.1) is 0 Å². The van der Waals surface area contributed by atoms with Crippen molar-refractivity contribution < 1.29 is 31.1 Å². The number of anilines is 1. The molecule has 1 amide bonds. The molecule has 0 N–H and O–H groups in total. The van der Waals surface area contributed by atoms with Crippen LogP contribution >= 0.6 is 0 Å². The van der Waals surface area contributed by atoms with Crippen LogP contribution in [-0.2, 0) is 17.1 Å². The van der Waals surface area contributed by atoms with Crippen molar-refractivity contribution in [1.82, 2.24) is 9.97 Å². The second kappa shape index (κ2) is 11.8. The summed E-state index contributed by atoms with van der Waals surface area (Å²) in [6.45, 7) is 0.482. The Morgan fingerprint density at radius 2 is 1.02 bits per heavy atom. The first-order valence-corrected chi connectivity index (χ1v) is 14.2. The van der Waals surface area contributed by atoms with Crippen molar-refractivity contribution in [2.24, 2.45) is 0 Å². The molecule has 1 aliphatic heterocycles. The van der Waals surface area contributed by atoms with E-state index in [0.29, 0.717) is 52.0 Å². The highest BCUT2D eigenvalue weighted by Gasteiger charge is 2.33. The van der Waals surface area contributed by atoms with Crippen LogP contribution in [0.3, 0.4) is 0 Å². The van der Waals surface area contributed by atoms with Gasteiger partial charge in [0.05, 0.1) is 11.4 Å². The number of rotatable bonds is 5. The lowest BCUT2D eigenvalue weighted by molar-refractivity contribution is -0.141. The third kappa shape index (κ3) is 6.31. The van der Waals surface area contributed by atoms with Crippen LogP contribution in [0, 0.1) is 0 Å². The minimum Gasteiger partial charge on any atom is -0.312 e. The van der Waals surface area contributed by atoms with Crippen molar-refractivity contribution in [3.05, 3.63) is 115 Å². The number of halogens is 6. The molecular formula is C35H25F6N3O. The van der Waals surface area contributed by atoms with Crippen LogP contribution in [0.1, 0.15) is 30.7 Å². The number of benzene rings is 3. The van der Waals surface area contributed by atoms with Gasteiger partial charge in [-0.25, -0.2) is 9.97 Å². The minimum absolute atomic E-state index is 0.0648. The summed E-state index contributed by atoms with van der Waals surface area (Å²) >= 11 is 0. The Bertz CT molecular complexity index is 1760. The van der Waals surface area contributed by atoms with Gasteiger partial charge in [0.2, 0.25) is 5.91 Å². The minimum atomic E-state index is -4.63.